The Morgan fingerprint density at radius 3 is 2.48 bits per heavy atom. The Hall–Kier alpha value is -2.07. The molecule has 1 aromatic rings. The smallest absolute Gasteiger partial charge is 0.185 e. The highest BCUT2D eigenvalue weighted by atomic mass is 32.1. The van der Waals surface area contributed by atoms with Crippen LogP contribution in [0.5, 0.6) is 0 Å². The van der Waals surface area contributed by atoms with Crippen LogP contribution in [0.25, 0.3) is 0 Å². The summed E-state index contributed by atoms with van der Waals surface area (Å²) in [6.07, 6.45) is 11.7. The zero-order chi connectivity index (χ0) is 16.5. The van der Waals surface area contributed by atoms with E-state index in [1.165, 1.54) is 32.1 Å². The summed E-state index contributed by atoms with van der Waals surface area (Å²) in [6, 6.07) is 10.5. The van der Waals surface area contributed by atoms with E-state index in [0.717, 1.165) is 11.4 Å². The van der Waals surface area contributed by atoms with Crippen LogP contribution < -0.4 is 15.8 Å². The molecule has 0 heterocycles. The van der Waals surface area contributed by atoms with Crippen LogP contribution in [0.2, 0.25) is 0 Å². The molecular weight excluding hydrogens is 302 g/mol. The van der Waals surface area contributed by atoms with Crippen LogP contribution in [0, 0.1) is 0 Å². The summed E-state index contributed by atoms with van der Waals surface area (Å²) in [5.74, 6) is 0. The second-order valence-corrected chi connectivity index (χ2v) is 6.03. The quantitative estimate of drug-likeness (QED) is 0.438. The molecule has 2 rings (SSSR count). The van der Waals surface area contributed by atoms with Gasteiger partial charge in [-0.1, -0.05) is 56.7 Å². The van der Waals surface area contributed by atoms with Gasteiger partial charge >= 0.3 is 0 Å². The minimum atomic E-state index is 0. The maximum atomic E-state index is 5.51. The molecule has 2 N–H and O–H groups in total. The van der Waals surface area contributed by atoms with E-state index in [2.05, 4.69) is 23.9 Å². The summed E-state index contributed by atoms with van der Waals surface area (Å²) in [7, 11) is 0. The molecule has 1 aliphatic carbocycles. The molecular formula is C19H29N3S. The highest BCUT2D eigenvalue weighted by Gasteiger charge is 2.16. The van der Waals surface area contributed by atoms with Gasteiger partial charge in [0.1, 0.15) is 0 Å². The van der Waals surface area contributed by atoms with Crippen LogP contribution in [0.3, 0.4) is 0 Å². The van der Waals surface area contributed by atoms with Crippen molar-refractivity contribution in [1.82, 2.24) is 10.7 Å². The van der Waals surface area contributed by atoms with E-state index in [4.69, 9.17) is 12.2 Å². The molecule has 4 heteroatoms. The molecule has 1 saturated carbocycles. The van der Waals surface area contributed by atoms with Crippen molar-refractivity contribution in [3.8, 4) is 0 Å². The Bertz CT molecular complexity index is 569. The third-order valence-corrected chi connectivity index (χ3v) is 4.13. The largest absolute Gasteiger partial charge is 0.359 e. The average molecular weight is 332 g/mol. The predicted octanol–water partition coefficient (Wildman–Crippen LogP) is 4.95. The predicted molar refractivity (Wildman–Crippen MR) is 107 cm³/mol. The Morgan fingerprint density at radius 1 is 1.17 bits per heavy atom. The molecule has 1 aliphatic rings. The SMILES string of the molecule is C=C/C=C(\C=C)N(NC(=S)NC1CCCCC1)c1ccccc1.[HH].[HH]. The van der Waals surface area contributed by atoms with Gasteiger partial charge < -0.3 is 5.32 Å². The van der Waals surface area contributed by atoms with Gasteiger partial charge in [-0.05, 0) is 49.3 Å². The van der Waals surface area contributed by atoms with E-state index >= 15 is 0 Å². The first kappa shape index (κ1) is 17.3. The van der Waals surface area contributed by atoms with Crippen LogP contribution in [-0.4, -0.2) is 11.2 Å². The number of anilines is 1. The van der Waals surface area contributed by atoms with Crippen molar-refractivity contribution in [3.05, 3.63) is 67.4 Å². The number of hydrazine groups is 1. The van der Waals surface area contributed by atoms with Gasteiger partial charge in [0, 0.05) is 8.90 Å². The fraction of sp³-hybridized carbons (Fsp3) is 0.316. The molecule has 0 unspecified atom stereocenters. The molecule has 0 radical (unpaired) electrons. The molecule has 0 atom stereocenters. The van der Waals surface area contributed by atoms with Crippen LogP contribution in [0.4, 0.5) is 5.69 Å². The first-order chi connectivity index (χ1) is 11.2. The maximum absolute atomic E-state index is 5.51. The number of hydrogen-bond donors (Lipinski definition) is 2. The first-order valence-corrected chi connectivity index (χ1v) is 8.53. The highest BCUT2D eigenvalue weighted by molar-refractivity contribution is 7.80. The Morgan fingerprint density at radius 2 is 1.87 bits per heavy atom. The molecule has 3 nitrogen and oxygen atoms in total. The molecule has 126 valence electrons. The van der Waals surface area contributed by atoms with Gasteiger partial charge in [0.2, 0.25) is 0 Å². The normalized spacial score (nSPS) is 15.6. The molecule has 0 aromatic heterocycles. The lowest BCUT2D eigenvalue weighted by Gasteiger charge is -2.30. The van der Waals surface area contributed by atoms with Crippen molar-refractivity contribution < 1.29 is 2.85 Å². The Balaban J connectivity index is 0.00000288. The lowest BCUT2D eigenvalue weighted by molar-refractivity contribution is 0.412. The van der Waals surface area contributed by atoms with Gasteiger partial charge in [-0.2, -0.15) is 0 Å². The van der Waals surface area contributed by atoms with Gasteiger partial charge in [-0.3, -0.25) is 10.4 Å². The average Bonchev–Trinajstić information content (AvgIpc) is 2.59. The van der Waals surface area contributed by atoms with E-state index in [1.807, 2.05) is 41.4 Å². The van der Waals surface area contributed by atoms with Crippen molar-refractivity contribution in [1.29, 1.82) is 0 Å². The molecule has 1 fully saturated rings. The fourth-order valence-electron chi connectivity index (χ4n) is 2.78. The van der Waals surface area contributed by atoms with Crippen LogP contribution >= 0.6 is 12.2 Å². The van der Waals surface area contributed by atoms with Crippen molar-refractivity contribution in [2.45, 2.75) is 38.1 Å². The lowest BCUT2D eigenvalue weighted by Crippen LogP contribution is -2.50. The molecule has 1 aromatic carbocycles. The van der Waals surface area contributed by atoms with Crippen molar-refractivity contribution in [2.24, 2.45) is 0 Å². The number of thiocarbonyl (C=S) groups is 1. The van der Waals surface area contributed by atoms with Crippen LogP contribution in [-0.2, 0) is 0 Å². The molecule has 23 heavy (non-hydrogen) atoms. The van der Waals surface area contributed by atoms with Crippen molar-refractivity contribution in [2.75, 3.05) is 5.01 Å². The Labute approximate surface area is 147 Å². The Kier molecular flexibility index (Phi) is 6.88. The first-order valence-electron chi connectivity index (χ1n) is 8.12. The highest BCUT2D eigenvalue weighted by Crippen LogP contribution is 2.19. The summed E-state index contributed by atoms with van der Waals surface area (Å²) in [6.45, 7) is 7.66. The minimum Gasteiger partial charge on any atom is -0.359 e. The number of nitrogens with zero attached hydrogens (tertiary/aromatic N) is 1. The molecule has 0 aliphatic heterocycles. The zero-order valence-corrected chi connectivity index (χ0v) is 14.3. The molecule has 0 saturated heterocycles. The number of hydrogen-bond acceptors (Lipinski definition) is 2. The summed E-state index contributed by atoms with van der Waals surface area (Å²) >= 11 is 5.51. The number of benzene rings is 1. The maximum Gasteiger partial charge on any atom is 0.185 e. The topological polar surface area (TPSA) is 27.3 Å². The van der Waals surface area contributed by atoms with Gasteiger partial charge in [0.25, 0.3) is 0 Å². The van der Waals surface area contributed by atoms with E-state index in [-0.39, 0.29) is 2.85 Å². The van der Waals surface area contributed by atoms with Crippen molar-refractivity contribution in [3.63, 3.8) is 0 Å². The monoisotopic (exact) mass is 331 g/mol. The number of para-hydroxylation sites is 1. The summed E-state index contributed by atoms with van der Waals surface area (Å²) in [5, 5.41) is 5.99. The van der Waals surface area contributed by atoms with Crippen LogP contribution in [0.1, 0.15) is 35.0 Å². The second kappa shape index (κ2) is 9.16. The van der Waals surface area contributed by atoms with E-state index in [0.29, 0.717) is 11.2 Å². The summed E-state index contributed by atoms with van der Waals surface area (Å²) in [4.78, 5) is 0. The van der Waals surface area contributed by atoms with Crippen LogP contribution in [0.15, 0.2) is 67.4 Å². The summed E-state index contributed by atoms with van der Waals surface area (Å²) in [5.41, 5.74) is 5.16. The van der Waals surface area contributed by atoms with E-state index in [1.54, 1.807) is 12.2 Å². The molecule has 0 bridgehead atoms. The standard InChI is InChI=1S/C19H25N3S.2H2/c1-3-11-17(4-2)22(18-14-9-6-10-15-18)21-19(23)20-16-12-7-5-8-13-16;;/h3-4,6,9-11,14-16H,1-2,5,7-8,12-13H2,(H2,20,21,23);2*1H/b17-11+;;. The third-order valence-electron chi connectivity index (χ3n) is 3.92. The zero-order valence-electron chi connectivity index (χ0n) is 13.5. The van der Waals surface area contributed by atoms with Gasteiger partial charge in [0.15, 0.2) is 5.11 Å². The van der Waals surface area contributed by atoms with E-state index in [9.17, 15) is 0 Å². The van der Waals surface area contributed by atoms with Gasteiger partial charge in [-0.25, -0.2) is 0 Å². The molecule has 0 spiro atoms. The molecule has 0 amide bonds. The fourth-order valence-corrected chi connectivity index (χ4v) is 3.03. The minimum absolute atomic E-state index is 0. The summed E-state index contributed by atoms with van der Waals surface area (Å²) < 4.78 is 0. The van der Waals surface area contributed by atoms with Gasteiger partial charge in [0.05, 0.1) is 11.4 Å². The van der Waals surface area contributed by atoms with Crippen molar-refractivity contribution >= 4 is 23.0 Å². The third kappa shape index (κ3) is 5.25. The van der Waals surface area contributed by atoms with Gasteiger partial charge in [-0.15, -0.1) is 0 Å². The number of allylic oxidation sites excluding steroid dienone is 3. The van der Waals surface area contributed by atoms with E-state index < -0.39 is 0 Å². The lowest BCUT2D eigenvalue weighted by atomic mass is 9.96. The second-order valence-electron chi connectivity index (χ2n) is 5.62. The number of rotatable bonds is 6. The number of nitrogens with one attached hydrogen (secondary N) is 2.